The first-order chi connectivity index (χ1) is 28.2. The van der Waals surface area contributed by atoms with Gasteiger partial charge in [-0.3, -0.25) is 0 Å². The molecule has 0 bridgehead atoms. The molecule has 0 spiro atoms. The first-order valence-corrected chi connectivity index (χ1v) is 19.2. The number of para-hydroxylation sites is 3. The Labute approximate surface area is 326 Å². The smallest absolute Gasteiger partial charge is 0.159 e. The van der Waals surface area contributed by atoms with Crippen molar-refractivity contribution in [3.05, 3.63) is 199 Å². The van der Waals surface area contributed by atoms with E-state index >= 15 is 0 Å². The maximum atomic E-state index is 6.88. The first-order valence-electron chi connectivity index (χ1n) is 19.2. The zero-order valence-electron chi connectivity index (χ0n) is 30.6. The number of hydrogen-bond acceptors (Lipinski definition) is 5. The van der Waals surface area contributed by atoms with Crippen LogP contribution in [0.4, 0.5) is 0 Å². The van der Waals surface area contributed by atoms with E-state index in [1.165, 1.54) is 10.8 Å². The van der Waals surface area contributed by atoms with E-state index in [2.05, 4.69) is 131 Å². The van der Waals surface area contributed by atoms with Crippen molar-refractivity contribution < 1.29 is 8.83 Å². The molecule has 0 aliphatic carbocycles. The van der Waals surface area contributed by atoms with Gasteiger partial charge in [0.1, 0.15) is 28.8 Å². The van der Waals surface area contributed by atoms with E-state index in [1.807, 2.05) is 60.7 Å². The Morgan fingerprint density at radius 2 is 1.11 bits per heavy atom. The average Bonchev–Trinajstić information content (AvgIpc) is 3.95. The third-order valence-corrected chi connectivity index (χ3v) is 11.3. The monoisotopic (exact) mass is 732 g/mol. The van der Waals surface area contributed by atoms with Crippen molar-refractivity contribution >= 4 is 77.4 Å². The van der Waals surface area contributed by atoms with Crippen LogP contribution in [-0.4, -0.2) is 16.2 Å². The molecular formula is C51H32N4O2. The van der Waals surface area contributed by atoms with Gasteiger partial charge in [-0.15, -0.1) is 0 Å². The van der Waals surface area contributed by atoms with Gasteiger partial charge in [0.25, 0.3) is 0 Å². The van der Waals surface area contributed by atoms with Crippen LogP contribution in [0.2, 0.25) is 0 Å². The molecule has 268 valence electrons. The minimum Gasteiger partial charge on any atom is -0.456 e. The molecule has 6 heteroatoms. The Hall–Kier alpha value is -7.70. The zero-order valence-corrected chi connectivity index (χ0v) is 30.6. The molecule has 1 N–H and O–H groups in total. The van der Waals surface area contributed by atoms with Crippen LogP contribution in [0.3, 0.4) is 0 Å². The second-order valence-corrected chi connectivity index (χ2v) is 14.6. The van der Waals surface area contributed by atoms with Crippen molar-refractivity contribution in [1.82, 2.24) is 9.88 Å². The molecule has 1 atom stereocenters. The van der Waals surface area contributed by atoms with Gasteiger partial charge >= 0.3 is 0 Å². The first kappa shape index (κ1) is 31.6. The van der Waals surface area contributed by atoms with Crippen LogP contribution < -0.4 is 5.32 Å². The van der Waals surface area contributed by atoms with Crippen LogP contribution in [0.15, 0.2) is 201 Å². The average molecular weight is 733 g/mol. The van der Waals surface area contributed by atoms with E-state index in [-0.39, 0.29) is 6.17 Å². The van der Waals surface area contributed by atoms with Crippen LogP contribution in [0.25, 0.3) is 82.5 Å². The number of hydrogen-bond donors (Lipinski definition) is 1. The summed E-state index contributed by atoms with van der Waals surface area (Å²) in [5.74, 6) is 1.44. The summed E-state index contributed by atoms with van der Waals surface area (Å²) in [6.45, 7) is 0. The highest BCUT2D eigenvalue weighted by molar-refractivity contribution is 6.17. The Bertz CT molecular complexity index is 3440. The van der Waals surface area contributed by atoms with Crippen LogP contribution >= 0.6 is 0 Å². The van der Waals surface area contributed by atoms with E-state index in [0.29, 0.717) is 5.84 Å². The van der Waals surface area contributed by atoms with Crippen molar-refractivity contribution in [3.63, 3.8) is 0 Å². The predicted molar refractivity (Wildman–Crippen MR) is 233 cm³/mol. The van der Waals surface area contributed by atoms with Crippen molar-refractivity contribution in [1.29, 1.82) is 0 Å². The van der Waals surface area contributed by atoms with E-state index in [0.717, 1.165) is 94.3 Å². The van der Waals surface area contributed by atoms with Crippen LogP contribution in [0.1, 0.15) is 22.9 Å². The van der Waals surface area contributed by atoms with E-state index in [1.54, 1.807) is 0 Å². The summed E-state index contributed by atoms with van der Waals surface area (Å²) in [6.07, 6.45) is -0.281. The molecule has 6 nitrogen and oxygen atoms in total. The maximum absolute atomic E-state index is 6.88. The minimum atomic E-state index is -0.281. The summed E-state index contributed by atoms with van der Waals surface area (Å²) in [5, 5.41) is 10.3. The van der Waals surface area contributed by atoms with E-state index in [9.17, 15) is 0 Å². The van der Waals surface area contributed by atoms with E-state index in [4.69, 9.17) is 18.8 Å². The van der Waals surface area contributed by atoms with Gasteiger partial charge in [0, 0.05) is 43.4 Å². The van der Waals surface area contributed by atoms with Gasteiger partial charge in [-0.25, -0.2) is 9.98 Å². The summed E-state index contributed by atoms with van der Waals surface area (Å²) in [4.78, 5) is 10.1. The summed E-state index contributed by atoms with van der Waals surface area (Å²) < 4.78 is 15.4. The molecule has 1 unspecified atom stereocenters. The van der Waals surface area contributed by atoms with Crippen LogP contribution in [0.5, 0.6) is 0 Å². The molecule has 0 fully saturated rings. The Morgan fingerprint density at radius 3 is 1.98 bits per heavy atom. The maximum Gasteiger partial charge on any atom is 0.159 e. The third-order valence-electron chi connectivity index (χ3n) is 11.3. The predicted octanol–water partition coefficient (Wildman–Crippen LogP) is 12.7. The Morgan fingerprint density at radius 1 is 0.439 bits per heavy atom. The number of nitrogens with zero attached hydrogens (tertiary/aromatic N) is 3. The summed E-state index contributed by atoms with van der Waals surface area (Å²) in [5.41, 5.74) is 11.9. The number of amidine groups is 2. The minimum absolute atomic E-state index is 0.281. The number of aliphatic imine (C=N–C) groups is 2. The lowest BCUT2D eigenvalue weighted by Crippen LogP contribution is -2.33. The van der Waals surface area contributed by atoms with Gasteiger partial charge in [0.2, 0.25) is 0 Å². The summed E-state index contributed by atoms with van der Waals surface area (Å²) in [7, 11) is 0. The van der Waals surface area contributed by atoms with Crippen LogP contribution in [-0.2, 0) is 0 Å². The SMILES string of the molecule is c1ccc(C2=NC(c3ccccc3)NC(c3ccc4c(c3)oc3c(-n5c6ccccc6c6cc(-c7ccc8oc9ccccc9c8c7)ccc65)cccc34)=N2)cc1. The Kier molecular flexibility index (Phi) is 6.89. The molecule has 3 aromatic heterocycles. The number of nitrogens with one attached hydrogen (secondary N) is 1. The standard InChI is InChI=1S/C51H32N4O2/c1-3-12-31(13-4-1)49-52-50(32-14-5-2-6-15-32)54-51(53-49)35-22-25-38-39-18-11-20-44(48(39)57-47(38)30-35)55-42-19-9-7-16-36(42)40-28-33(23-26-43(40)55)34-24-27-46-41(29-34)37-17-8-10-21-45(37)56-46/h1-30,49H,(H,52,53,54). The molecule has 1 aliphatic heterocycles. The van der Waals surface area contributed by atoms with Crippen molar-refractivity contribution in [2.75, 3.05) is 0 Å². The van der Waals surface area contributed by atoms with Crippen LogP contribution in [0, 0.1) is 0 Å². The van der Waals surface area contributed by atoms with Crippen molar-refractivity contribution in [2.24, 2.45) is 9.98 Å². The number of fused-ring (bicyclic) bond motifs is 9. The highest BCUT2D eigenvalue weighted by Gasteiger charge is 2.23. The molecule has 0 amide bonds. The lowest BCUT2D eigenvalue weighted by molar-refractivity contribution is 0.664. The molecule has 4 heterocycles. The van der Waals surface area contributed by atoms with E-state index < -0.39 is 0 Å². The van der Waals surface area contributed by atoms with Gasteiger partial charge in [-0.2, -0.15) is 0 Å². The largest absolute Gasteiger partial charge is 0.456 e. The number of benzene rings is 8. The molecular weight excluding hydrogens is 701 g/mol. The molecule has 0 radical (unpaired) electrons. The number of aromatic nitrogens is 1. The molecule has 8 aromatic carbocycles. The molecule has 57 heavy (non-hydrogen) atoms. The normalized spacial score (nSPS) is 14.5. The lowest BCUT2D eigenvalue weighted by atomic mass is 10.0. The van der Waals surface area contributed by atoms with Crippen molar-refractivity contribution in [3.8, 4) is 16.8 Å². The molecule has 12 rings (SSSR count). The third kappa shape index (κ3) is 5.04. The van der Waals surface area contributed by atoms with Gasteiger partial charge < -0.3 is 18.7 Å². The van der Waals surface area contributed by atoms with Crippen molar-refractivity contribution in [2.45, 2.75) is 6.17 Å². The topological polar surface area (TPSA) is 68.0 Å². The Balaban J connectivity index is 0.984. The summed E-state index contributed by atoms with van der Waals surface area (Å²) in [6, 6.07) is 63.3. The number of rotatable bonds is 5. The van der Waals surface area contributed by atoms with Gasteiger partial charge in [-0.1, -0.05) is 127 Å². The second kappa shape index (κ2) is 12.4. The van der Waals surface area contributed by atoms with Gasteiger partial charge in [0.05, 0.1) is 16.7 Å². The molecule has 11 aromatic rings. The lowest BCUT2D eigenvalue weighted by Gasteiger charge is -2.23. The molecule has 0 saturated heterocycles. The fourth-order valence-electron chi connectivity index (χ4n) is 8.54. The van der Waals surface area contributed by atoms with Gasteiger partial charge in [-0.05, 0) is 71.3 Å². The highest BCUT2D eigenvalue weighted by atomic mass is 16.3. The summed E-state index contributed by atoms with van der Waals surface area (Å²) >= 11 is 0. The van der Waals surface area contributed by atoms with Gasteiger partial charge in [0.15, 0.2) is 11.4 Å². The quantitative estimate of drug-likeness (QED) is 0.192. The fourth-order valence-corrected chi connectivity index (χ4v) is 8.54. The molecule has 0 saturated carbocycles. The second-order valence-electron chi connectivity index (χ2n) is 14.6. The zero-order chi connectivity index (χ0) is 37.5. The fraction of sp³-hybridized carbons (Fsp3) is 0.0196. The highest BCUT2D eigenvalue weighted by Crippen LogP contribution is 2.40. The number of furan rings is 2. The molecule has 1 aliphatic rings.